The lowest BCUT2D eigenvalue weighted by Crippen LogP contribution is -2.53. The summed E-state index contributed by atoms with van der Waals surface area (Å²) in [4.78, 5) is 7.24. The van der Waals surface area contributed by atoms with Gasteiger partial charge >= 0.3 is 0 Å². The van der Waals surface area contributed by atoms with Crippen LogP contribution in [0.15, 0.2) is 24.3 Å². The standard InChI is InChI=1S/C18H25N3O2/c1-18(22)9-11-23-12-13(18)15-8-5-10-21(15)17-19-14-6-3-4-7-16(14)20(17)2/h3-4,6-7,13,15,22H,5,8-12H2,1-2H3/t13-,15+,18+/m0/s1. The molecular weight excluding hydrogens is 290 g/mol. The van der Waals surface area contributed by atoms with Crippen LogP contribution < -0.4 is 4.90 Å². The lowest BCUT2D eigenvalue weighted by Gasteiger charge is -2.43. The van der Waals surface area contributed by atoms with Crippen LogP contribution in [0.4, 0.5) is 5.95 Å². The van der Waals surface area contributed by atoms with Crippen LogP contribution in [0.2, 0.25) is 0 Å². The predicted octanol–water partition coefficient (Wildman–Crippen LogP) is 2.33. The Kier molecular flexibility index (Phi) is 3.58. The van der Waals surface area contributed by atoms with Crippen LogP contribution in [-0.2, 0) is 11.8 Å². The van der Waals surface area contributed by atoms with Crippen molar-refractivity contribution in [2.45, 2.75) is 37.8 Å². The van der Waals surface area contributed by atoms with Gasteiger partial charge in [0, 0.05) is 32.2 Å². The maximum absolute atomic E-state index is 10.8. The summed E-state index contributed by atoms with van der Waals surface area (Å²) in [6.07, 6.45) is 2.94. The first-order valence-corrected chi connectivity index (χ1v) is 8.56. The molecule has 1 aromatic carbocycles. The third-order valence-corrected chi connectivity index (χ3v) is 5.63. The minimum atomic E-state index is -0.657. The summed E-state index contributed by atoms with van der Waals surface area (Å²) in [5.74, 6) is 1.15. The average molecular weight is 315 g/mol. The smallest absolute Gasteiger partial charge is 0.206 e. The molecule has 0 amide bonds. The van der Waals surface area contributed by atoms with E-state index in [-0.39, 0.29) is 5.92 Å². The van der Waals surface area contributed by atoms with E-state index in [1.807, 2.05) is 13.0 Å². The lowest BCUT2D eigenvalue weighted by atomic mass is 9.79. The van der Waals surface area contributed by atoms with Crippen molar-refractivity contribution in [2.75, 3.05) is 24.7 Å². The number of anilines is 1. The van der Waals surface area contributed by atoms with Crippen LogP contribution in [0.1, 0.15) is 26.2 Å². The fourth-order valence-electron chi connectivity index (χ4n) is 4.23. The Morgan fingerprint density at radius 2 is 2.17 bits per heavy atom. The van der Waals surface area contributed by atoms with Crippen LogP contribution in [0.5, 0.6) is 0 Å². The molecule has 23 heavy (non-hydrogen) atoms. The van der Waals surface area contributed by atoms with Crippen LogP contribution in [0.25, 0.3) is 11.0 Å². The van der Waals surface area contributed by atoms with E-state index in [9.17, 15) is 5.11 Å². The molecule has 1 N–H and O–H groups in total. The SMILES string of the molecule is Cn1c(N2CCC[C@@H]2[C@@H]2COCC[C@@]2(C)O)nc2ccccc21. The van der Waals surface area contributed by atoms with E-state index in [2.05, 4.69) is 34.7 Å². The summed E-state index contributed by atoms with van der Waals surface area (Å²) in [5, 5.41) is 10.8. The first-order chi connectivity index (χ1) is 11.1. The zero-order valence-corrected chi connectivity index (χ0v) is 13.9. The molecule has 4 rings (SSSR count). The van der Waals surface area contributed by atoms with Gasteiger partial charge in [0.1, 0.15) is 0 Å². The molecule has 124 valence electrons. The molecule has 0 aliphatic carbocycles. The number of fused-ring (bicyclic) bond motifs is 1. The molecule has 2 aromatic rings. The number of para-hydroxylation sites is 2. The Morgan fingerprint density at radius 3 is 2.96 bits per heavy atom. The highest BCUT2D eigenvalue weighted by atomic mass is 16.5. The van der Waals surface area contributed by atoms with E-state index in [0.29, 0.717) is 25.7 Å². The number of nitrogens with zero attached hydrogens (tertiary/aromatic N) is 3. The van der Waals surface area contributed by atoms with Gasteiger partial charge in [-0.2, -0.15) is 0 Å². The Labute approximate surface area is 136 Å². The van der Waals surface area contributed by atoms with E-state index in [1.165, 1.54) is 0 Å². The molecule has 2 aliphatic heterocycles. The number of aromatic nitrogens is 2. The zero-order valence-electron chi connectivity index (χ0n) is 13.9. The van der Waals surface area contributed by atoms with Crippen molar-refractivity contribution in [3.05, 3.63) is 24.3 Å². The second kappa shape index (κ2) is 5.49. The molecule has 2 fully saturated rings. The minimum Gasteiger partial charge on any atom is -0.390 e. The normalized spacial score (nSPS) is 31.9. The highest BCUT2D eigenvalue weighted by molar-refractivity contribution is 5.78. The monoisotopic (exact) mass is 315 g/mol. The van der Waals surface area contributed by atoms with Gasteiger partial charge < -0.3 is 19.3 Å². The Hall–Kier alpha value is -1.59. The van der Waals surface area contributed by atoms with Crippen LogP contribution in [0, 0.1) is 5.92 Å². The molecule has 1 aromatic heterocycles. The van der Waals surface area contributed by atoms with Crippen molar-refractivity contribution < 1.29 is 9.84 Å². The van der Waals surface area contributed by atoms with Gasteiger partial charge in [-0.1, -0.05) is 12.1 Å². The third kappa shape index (κ3) is 2.42. The van der Waals surface area contributed by atoms with Crippen molar-refractivity contribution in [3.8, 4) is 0 Å². The molecule has 5 heteroatoms. The van der Waals surface area contributed by atoms with E-state index >= 15 is 0 Å². The van der Waals surface area contributed by atoms with E-state index < -0.39 is 5.60 Å². The van der Waals surface area contributed by atoms with Gasteiger partial charge in [0.2, 0.25) is 5.95 Å². The van der Waals surface area contributed by atoms with Gasteiger partial charge in [-0.3, -0.25) is 0 Å². The number of rotatable bonds is 2. The van der Waals surface area contributed by atoms with Crippen molar-refractivity contribution in [1.82, 2.24) is 9.55 Å². The van der Waals surface area contributed by atoms with Gasteiger partial charge in [-0.15, -0.1) is 0 Å². The summed E-state index contributed by atoms with van der Waals surface area (Å²) in [6.45, 7) is 4.25. The summed E-state index contributed by atoms with van der Waals surface area (Å²) < 4.78 is 7.86. The largest absolute Gasteiger partial charge is 0.390 e. The van der Waals surface area contributed by atoms with Crippen molar-refractivity contribution in [3.63, 3.8) is 0 Å². The summed E-state index contributed by atoms with van der Waals surface area (Å²) in [5.41, 5.74) is 1.53. The molecule has 0 bridgehead atoms. The van der Waals surface area contributed by atoms with Gasteiger partial charge in [0.25, 0.3) is 0 Å². The molecule has 0 saturated carbocycles. The molecule has 5 nitrogen and oxygen atoms in total. The number of aryl methyl sites for hydroxylation is 1. The fourth-order valence-corrected chi connectivity index (χ4v) is 4.23. The second-order valence-electron chi connectivity index (χ2n) is 7.15. The first-order valence-electron chi connectivity index (χ1n) is 8.56. The fraction of sp³-hybridized carbons (Fsp3) is 0.611. The molecule has 3 heterocycles. The molecule has 3 atom stereocenters. The number of imidazole rings is 1. The molecule has 2 aliphatic rings. The number of hydrogen-bond donors (Lipinski definition) is 1. The first kappa shape index (κ1) is 15.0. The Balaban J connectivity index is 1.70. The topological polar surface area (TPSA) is 50.5 Å². The predicted molar refractivity (Wildman–Crippen MR) is 90.6 cm³/mol. The van der Waals surface area contributed by atoms with Crippen LogP contribution >= 0.6 is 0 Å². The summed E-state index contributed by atoms with van der Waals surface area (Å²) >= 11 is 0. The second-order valence-corrected chi connectivity index (χ2v) is 7.15. The van der Waals surface area contributed by atoms with Gasteiger partial charge in [0.15, 0.2) is 0 Å². The maximum atomic E-state index is 10.8. The molecule has 0 radical (unpaired) electrons. The molecule has 2 saturated heterocycles. The van der Waals surface area contributed by atoms with E-state index in [1.54, 1.807) is 0 Å². The van der Waals surface area contributed by atoms with Crippen LogP contribution in [0.3, 0.4) is 0 Å². The average Bonchev–Trinajstić information content (AvgIpc) is 3.12. The minimum absolute atomic E-state index is 0.138. The third-order valence-electron chi connectivity index (χ3n) is 5.63. The Morgan fingerprint density at radius 1 is 1.35 bits per heavy atom. The van der Waals surface area contributed by atoms with Gasteiger partial charge in [-0.25, -0.2) is 4.98 Å². The maximum Gasteiger partial charge on any atom is 0.206 e. The van der Waals surface area contributed by atoms with Gasteiger partial charge in [-0.05, 0) is 38.3 Å². The number of aliphatic hydroxyl groups is 1. The zero-order chi connectivity index (χ0) is 16.0. The van der Waals surface area contributed by atoms with E-state index in [4.69, 9.17) is 9.72 Å². The molecule has 0 unspecified atom stereocenters. The summed E-state index contributed by atoms with van der Waals surface area (Å²) in [7, 11) is 2.08. The molecule has 0 spiro atoms. The highest BCUT2D eigenvalue weighted by Gasteiger charge is 2.45. The van der Waals surface area contributed by atoms with E-state index in [0.717, 1.165) is 36.4 Å². The number of hydrogen-bond acceptors (Lipinski definition) is 4. The Bertz CT molecular complexity index is 709. The lowest BCUT2D eigenvalue weighted by molar-refractivity contribution is -0.108. The number of benzene rings is 1. The van der Waals surface area contributed by atoms with Crippen molar-refractivity contribution in [2.24, 2.45) is 13.0 Å². The van der Waals surface area contributed by atoms with Crippen molar-refractivity contribution >= 4 is 17.0 Å². The van der Waals surface area contributed by atoms with Crippen LogP contribution in [-0.4, -0.2) is 46.1 Å². The number of ether oxygens (including phenoxy) is 1. The molecular formula is C18H25N3O2. The summed E-state index contributed by atoms with van der Waals surface area (Å²) in [6, 6.07) is 8.54. The quantitative estimate of drug-likeness (QED) is 0.924. The highest BCUT2D eigenvalue weighted by Crippen LogP contribution is 2.38. The van der Waals surface area contributed by atoms with Crippen molar-refractivity contribution in [1.29, 1.82) is 0 Å². The van der Waals surface area contributed by atoms with Gasteiger partial charge in [0.05, 0.1) is 23.2 Å².